The standard InChI is InChI=1S/C13H13F4NO/c14-10-5-3-9(4-6-10)12(8-1-2-8)18-11(19)7-13(15,16)17/h3-6,8,12H,1-2,7H2,(H,18,19)/t12-/m0/s1. The number of carbonyl (C=O) groups excluding carboxylic acids is 1. The number of rotatable bonds is 4. The summed E-state index contributed by atoms with van der Waals surface area (Å²) < 4.78 is 49.2. The van der Waals surface area contributed by atoms with Crippen LogP contribution in [0.2, 0.25) is 0 Å². The molecule has 2 nitrogen and oxygen atoms in total. The minimum Gasteiger partial charge on any atom is -0.349 e. The van der Waals surface area contributed by atoms with E-state index in [0.29, 0.717) is 5.56 Å². The molecule has 0 saturated heterocycles. The molecule has 104 valence electrons. The maximum Gasteiger partial charge on any atom is 0.397 e. The highest BCUT2D eigenvalue weighted by atomic mass is 19.4. The predicted octanol–water partition coefficient (Wildman–Crippen LogP) is 3.35. The van der Waals surface area contributed by atoms with Crippen molar-refractivity contribution in [3.8, 4) is 0 Å². The molecule has 1 aliphatic rings. The van der Waals surface area contributed by atoms with E-state index in [-0.39, 0.29) is 5.92 Å². The Balaban J connectivity index is 2.05. The zero-order valence-electron chi connectivity index (χ0n) is 10.0. The number of benzene rings is 1. The van der Waals surface area contributed by atoms with Gasteiger partial charge >= 0.3 is 6.18 Å². The molecule has 0 bridgehead atoms. The summed E-state index contributed by atoms with van der Waals surface area (Å²) in [5.74, 6) is -1.32. The topological polar surface area (TPSA) is 29.1 Å². The van der Waals surface area contributed by atoms with Crippen LogP contribution < -0.4 is 5.32 Å². The van der Waals surface area contributed by atoms with E-state index in [9.17, 15) is 22.4 Å². The van der Waals surface area contributed by atoms with Gasteiger partial charge in [-0.15, -0.1) is 0 Å². The van der Waals surface area contributed by atoms with Gasteiger partial charge in [0.15, 0.2) is 0 Å². The van der Waals surface area contributed by atoms with Crippen LogP contribution in [0.15, 0.2) is 24.3 Å². The average Bonchev–Trinajstić information content (AvgIpc) is 3.08. The van der Waals surface area contributed by atoms with Crippen LogP contribution in [-0.2, 0) is 4.79 Å². The van der Waals surface area contributed by atoms with Gasteiger partial charge in [-0.05, 0) is 36.5 Å². The largest absolute Gasteiger partial charge is 0.397 e. The first-order valence-electron chi connectivity index (χ1n) is 5.97. The maximum absolute atomic E-state index is 12.8. The predicted molar refractivity (Wildman–Crippen MR) is 60.7 cm³/mol. The zero-order valence-corrected chi connectivity index (χ0v) is 10.0. The van der Waals surface area contributed by atoms with Gasteiger partial charge in [0.1, 0.15) is 12.2 Å². The maximum atomic E-state index is 12.8. The molecule has 1 aromatic rings. The van der Waals surface area contributed by atoms with E-state index in [4.69, 9.17) is 0 Å². The van der Waals surface area contributed by atoms with Crippen molar-refractivity contribution in [2.24, 2.45) is 5.92 Å². The van der Waals surface area contributed by atoms with E-state index in [1.165, 1.54) is 24.3 Å². The number of alkyl halides is 3. The Hall–Kier alpha value is -1.59. The molecule has 0 aliphatic heterocycles. The van der Waals surface area contributed by atoms with Crippen LogP contribution in [0.5, 0.6) is 0 Å². The molecule has 1 aromatic carbocycles. The number of halogens is 4. The Morgan fingerprint density at radius 2 is 1.84 bits per heavy atom. The van der Waals surface area contributed by atoms with Gasteiger partial charge in [-0.3, -0.25) is 4.79 Å². The third kappa shape index (κ3) is 4.22. The van der Waals surface area contributed by atoms with Gasteiger partial charge in [-0.2, -0.15) is 13.2 Å². The van der Waals surface area contributed by atoms with Crippen molar-refractivity contribution in [1.82, 2.24) is 5.32 Å². The number of amides is 1. The van der Waals surface area contributed by atoms with Crippen LogP contribution in [0.25, 0.3) is 0 Å². The molecule has 19 heavy (non-hydrogen) atoms. The number of hydrogen-bond donors (Lipinski definition) is 1. The Morgan fingerprint density at radius 1 is 1.26 bits per heavy atom. The monoisotopic (exact) mass is 275 g/mol. The number of carbonyl (C=O) groups is 1. The Labute approximate surface area is 107 Å². The van der Waals surface area contributed by atoms with E-state index in [1.54, 1.807) is 0 Å². The summed E-state index contributed by atoms with van der Waals surface area (Å²) in [5.41, 5.74) is 0.638. The van der Waals surface area contributed by atoms with Gasteiger partial charge < -0.3 is 5.32 Å². The molecule has 1 atom stereocenters. The van der Waals surface area contributed by atoms with E-state index in [0.717, 1.165) is 12.8 Å². The van der Waals surface area contributed by atoms with Gasteiger partial charge in [0.2, 0.25) is 5.91 Å². The minimum absolute atomic E-state index is 0.141. The van der Waals surface area contributed by atoms with E-state index < -0.39 is 30.4 Å². The highest BCUT2D eigenvalue weighted by molar-refractivity contribution is 5.77. The molecular weight excluding hydrogens is 262 g/mol. The highest BCUT2D eigenvalue weighted by Gasteiger charge is 2.36. The van der Waals surface area contributed by atoms with Gasteiger partial charge in [-0.1, -0.05) is 12.1 Å². The lowest BCUT2D eigenvalue weighted by molar-refractivity contribution is -0.154. The first-order chi connectivity index (χ1) is 8.85. The molecule has 1 amide bonds. The molecule has 0 spiro atoms. The molecule has 1 aliphatic carbocycles. The first-order valence-corrected chi connectivity index (χ1v) is 5.97. The normalized spacial score (nSPS) is 17.1. The van der Waals surface area contributed by atoms with Crippen molar-refractivity contribution in [1.29, 1.82) is 0 Å². The molecule has 6 heteroatoms. The fraction of sp³-hybridized carbons (Fsp3) is 0.462. The zero-order chi connectivity index (χ0) is 14.0. The summed E-state index contributed by atoms with van der Waals surface area (Å²) in [5, 5.41) is 2.39. The Kier molecular flexibility index (Phi) is 3.78. The van der Waals surface area contributed by atoms with Crippen molar-refractivity contribution in [2.75, 3.05) is 0 Å². The van der Waals surface area contributed by atoms with E-state index in [2.05, 4.69) is 5.32 Å². The van der Waals surface area contributed by atoms with Crippen molar-refractivity contribution in [2.45, 2.75) is 31.5 Å². The highest BCUT2D eigenvalue weighted by Crippen LogP contribution is 2.41. The molecule has 0 heterocycles. The molecule has 0 radical (unpaired) electrons. The molecular formula is C13H13F4NO. The van der Waals surface area contributed by atoms with Crippen LogP contribution >= 0.6 is 0 Å². The van der Waals surface area contributed by atoms with Crippen molar-refractivity contribution < 1.29 is 22.4 Å². The van der Waals surface area contributed by atoms with Gasteiger partial charge in [0, 0.05) is 0 Å². The van der Waals surface area contributed by atoms with Crippen LogP contribution in [0.3, 0.4) is 0 Å². The quantitative estimate of drug-likeness (QED) is 0.839. The lowest BCUT2D eigenvalue weighted by Gasteiger charge is -2.19. The second kappa shape index (κ2) is 5.19. The molecule has 1 saturated carbocycles. The first kappa shape index (κ1) is 13.8. The summed E-state index contributed by atoms with van der Waals surface area (Å²) >= 11 is 0. The summed E-state index contributed by atoms with van der Waals surface area (Å²) in [4.78, 5) is 11.3. The molecule has 0 unspecified atom stereocenters. The van der Waals surface area contributed by atoms with Crippen LogP contribution in [0, 0.1) is 11.7 Å². The second-order valence-electron chi connectivity index (χ2n) is 4.73. The molecule has 0 aromatic heterocycles. The summed E-state index contributed by atoms with van der Waals surface area (Å²) in [6, 6.07) is 5.00. The van der Waals surface area contributed by atoms with Crippen molar-refractivity contribution >= 4 is 5.91 Å². The minimum atomic E-state index is -4.51. The third-order valence-electron chi connectivity index (χ3n) is 3.00. The fourth-order valence-electron chi connectivity index (χ4n) is 1.98. The van der Waals surface area contributed by atoms with Crippen LogP contribution in [0.4, 0.5) is 17.6 Å². The smallest absolute Gasteiger partial charge is 0.349 e. The summed E-state index contributed by atoms with van der Waals surface area (Å²) in [6.07, 6.45) is -4.29. The molecule has 1 fully saturated rings. The lowest BCUT2D eigenvalue weighted by Crippen LogP contribution is -2.33. The van der Waals surface area contributed by atoms with Crippen LogP contribution in [0.1, 0.15) is 30.9 Å². The van der Waals surface area contributed by atoms with E-state index in [1.807, 2.05) is 0 Å². The fourth-order valence-corrected chi connectivity index (χ4v) is 1.98. The Morgan fingerprint density at radius 3 is 2.32 bits per heavy atom. The summed E-state index contributed by atoms with van der Waals surface area (Å²) in [6.45, 7) is 0. The average molecular weight is 275 g/mol. The lowest BCUT2D eigenvalue weighted by atomic mass is 10.0. The van der Waals surface area contributed by atoms with Gasteiger partial charge in [-0.25, -0.2) is 4.39 Å². The molecule has 1 N–H and O–H groups in total. The molecule has 2 rings (SSSR count). The van der Waals surface area contributed by atoms with Gasteiger partial charge in [0.25, 0.3) is 0 Å². The second-order valence-corrected chi connectivity index (χ2v) is 4.73. The van der Waals surface area contributed by atoms with E-state index >= 15 is 0 Å². The SMILES string of the molecule is O=C(CC(F)(F)F)N[C@H](c1ccc(F)cc1)C1CC1. The third-order valence-corrected chi connectivity index (χ3v) is 3.00. The Bertz CT molecular complexity index is 451. The summed E-state index contributed by atoms with van der Waals surface area (Å²) in [7, 11) is 0. The number of hydrogen-bond acceptors (Lipinski definition) is 1. The van der Waals surface area contributed by atoms with Crippen molar-refractivity contribution in [3.63, 3.8) is 0 Å². The van der Waals surface area contributed by atoms with Gasteiger partial charge in [0.05, 0.1) is 6.04 Å². The number of nitrogens with one attached hydrogen (secondary N) is 1. The van der Waals surface area contributed by atoms with Crippen molar-refractivity contribution in [3.05, 3.63) is 35.6 Å². The van der Waals surface area contributed by atoms with Crippen LogP contribution in [-0.4, -0.2) is 12.1 Å².